The molecule has 90 valence electrons. The van der Waals surface area contributed by atoms with E-state index in [-0.39, 0.29) is 0 Å². The van der Waals surface area contributed by atoms with Crippen LogP contribution in [0.4, 0.5) is 0 Å². The van der Waals surface area contributed by atoms with Gasteiger partial charge in [-0.3, -0.25) is 4.79 Å². The highest BCUT2D eigenvalue weighted by molar-refractivity contribution is 6.30. The van der Waals surface area contributed by atoms with Crippen LogP contribution in [0.15, 0.2) is 29.8 Å². The van der Waals surface area contributed by atoms with Crippen LogP contribution in [0.5, 0.6) is 0 Å². The average molecular weight is 249 g/mol. The highest BCUT2D eigenvalue weighted by atomic mass is 35.5. The molecule has 0 bridgehead atoms. The van der Waals surface area contributed by atoms with Crippen molar-refractivity contribution in [3.63, 3.8) is 0 Å². The van der Waals surface area contributed by atoms with Crippen molar-refractivity contribution in [3.8, 4) is 0 Å². The van der Waals surface area contributed by atoms with Gasteiger partial charge in [0.05, 0.1) is 0 Å². The van der Waals surface area contributed by atoms with Crippen LogP contribution in [0.3, 0.4) is 0 Å². The second-order valence-corrected chi connectivity index (χ2v) is 5.08. The van der Waals surface area contributed by atoms with Gasteiger partial charge in [0, 0.05) is 5.02 Å². The van der Waals surface area contributed by atoms with Crippen molar-refractivity contribution in [2.45, 2.75) is 32.6 Å². The van der Waals surface area contributed by atoms with E-state index in [2.05, 4.69) is 6.92 Å². The number of halogens is 1. The monoisotopic (exact) mass is 248 g/mol. The van der Waals surface area contributed by atoms with Gasteiger partial charge in [0.2, 0.25) is 0 Å². The molecule has 0 N–H and O–H groups in total. The minimum atomic E-state index is 0.672. The molecule has 0 heterocycles. The molecule has 0 fully saturated rings. The number of allylic oxidation sites excluding steroid dienone is 2. The number of hydrogen-bond acceptors (Lipinski definition) is 1. The Labute approximate surface area is 107 Å². The van der Waals surface area contributed by atoms with Gasteiger partial charge in [-0.25, -0.2) is 0 Å². The number of benzene rings is 1. The van der Waals surface area contributed by atoms with Gasteiger partial charge in [0.25, 0.3) is 0 Å². The Morgan fingerprint density at radius 1 is 1.35 bits per heavy atom. The molecule has 0 amide bonds. The van der Waals surface area contributed by atoms with E-state index >= 15 is 0 Å². The third-order valence-corrected chi connectivity index (χ3v) is 3.86. The zero-order chi connectivity index (χ0) is 12.3. The lowest BCUT2D eigenvalue weighted by molar-refractivity contribution is -0.105. The highest BCUT2D eigenvalue weighted by Crippen LogP contribution is 2.36. The molecule has 1 aromatic carbocycles. The topological polar surface area (TPSA) is 17.1 Å². The Balaban J connectivity index is 2.32. The zero-order valence-corrected chi connectivity index (χ0v) is 10.8. The van der Waals surface area contributed by atoms with E-state index in [1.807, 2.05) is 24.3 Å². The lowest BCUT2D eigenvalue weighted by Gasteiger charge is -2.24. The Hall–Kier alpha value is -1.08. The molecule has 0 saturated carbocycles. The summed E-state index contributed by atoms with van der Waals surface area (Å²) in [6.45, 7) is 2.19. The predicted octanol–water partition coefficient (Wildman–Crippen LogP) is 4.50. The molecule has 1 nitrogen and oxygen atoms in total. The van der Waals surface area contributed by atoms with Crippen LogP contribution in [0.25, 0.3) is 5.57 Å². The molecule has 1 atom stereocenters. The van der Waals surface area contributed by atoms with Gasteiger partial charge in [-0.05, 0) is 54.0 Å². The van der Waals surface area contributed by atoms with Crippen molar-refractivity contribution in [2.24, 2.45) is 5.92 Å². The Morgan fingerprint density at radius 3 is 2.65 bits per heavy atom. The molecule has 0 spiro atoms. The zero-order valence-electron chi connectivity index (χ0n) is 10.1. The summed E-state index contributed by atoms with van der Waals surface area (Å²) >= 11 is 5.88. The quantitative estimate of drug-likeness (QED) is 0.720. The maximum absolute atomic E-state index is 11.2. The number of carbonyl (C=O) groups excluding carboxylic acids is 1. The van der Waals surface area contributed by atoms with Crippen molar-refractivity contribution >= 4 is 23.5 Å². The van der Waals surface area contributed by atoms with Gasteiger partial charge in [-0.1, -0.05) is 37.1 Å². The molecule has 0 aliphatic heterocycles. The summed E-state index contributed by atoms with van der Waals surface area (Å²) < 4.78 is 0. The molecule has 2 rings (SSSR count). The van der Waals surface area contributed by atoms with Crippen LogP contribution in [0.1, 0.15) is 38.2 Å². The first-order valence-electron chi connectivity index (χ1n) is 6.17. The normalized spacial score (nSPS) is 20.5. The maximum Gasteiger partial charge on any atom is 0.146 e. The van der Waals surface area contributed by atoms with Crippen molar-refractivity contribution in [1.29, 1.82) is 0 Å². The van der Waals surface area contributed by atoms with E-state index in [0.717, 1.165) is 41.7 Å². The fourth-order valence-corrected chi connectivity index (χ4v) is 2.62. The van der Waals surface area contributed by atoms with Gasteiger partial charge < -0.3 is 0 Å². The van der Waals surface area contributed by atoms with Crippen LogP contribution in [-0.4, -0.2) is 6.29 Å². The Morgan fingerprint density at radius 2 is 2.06 bits per heavy atom. The van der Waals surface area contributed by atoms with Crippen molar-refractivity contribution in [2.75, 3.05) is 0 Å². The third-order valence-electron chi connectivity index (χ3n) is 3.61. The molecule has 0 saturated heterocycles. The SMILES string of the molecule is CCC1CCC(c2ccc(Cl)cc2)=C(C=O)C1. The van der Waals surface area contributed by atoms with Crippen LogP contribution in [-0.2, 0) is 4.79 Å². The number of aldehydes is 1. The van der Waals surface area contributed by atoms with Gasteiger partial charge >= 0.3 is 0 Å². The molecular formula is C15H17ClO. The Kier molecular flexibility index (Phi) is 4.01. The number of carbonyl (C=O) groups is 1. The van der Waals surface area contributed by atoms with Crippen LogP contribution in [0.2, 0.25) is 5.02 Å². The predicted molar refractivity (Wildman–Crippen MR) is 72.1 cm³/mol. The molecule has 0 radical (unpaired) electrons. The van der Waals surface area contributed by atoms with Crippen LogP contribution < -0.4 is 0 Å². The lowest BCUT2D eigenvalue weighted by Crippen LogP contribution is -2.10. The van der Waals surface area contributed by atoms with Crippen LogP contribution >= 0.6 is 11.6 Å². The van der Waals surface area contributed by atoms with Crippen LogP contribution in [0, 0.1) is 5.92 Å². The summed E-state index contributed by atoms with van der Waals surface area (Å²) in [5.74, 6) is 0.672. The van der Waals surface area contributed by atoms with Crippen molar-refractivity contribution in [1.82, 2.24) is 0 Å². The molecule has 1 aliphatic rings. The Bertz CT molecular complexity index is 431. The summed E-state index contributed by atoms with van der Waals surface area (Å²) in [6.07, 6.45) is 5.31. The van der Waals surface area contributed by atoms with E-state index in [1.165, 1.54) is 12.0 Å². The number of rotatable bonds is 3. The van der Waals surface area contributed by atoms with Gasteiger partial charge in [0.15, 0.2) is 0 Å². The van der Waals surface area contributed by atoms with E-state index in [1.54, 1.807) is 0 Å². The van der Waals surface area contributed by atoms with Gasteiger partial charge in [0.1, 0.15) is 6.29 Å². The van der Waals surface area contributed by atoms with Crippen molar-refractivity contribution in [3.05, 3.63) is 40.4 Å². The van der Waals surface area contributed by atoms with Gasteiger partial charge in [-0.15, -0.1) is 0 Å². The minimum absolute atomic E-state index is 0.672. The largest absolute Gasteiger partial charge is 0.298 e. The fourth-order valence-electron chi connectivity index (χ4n) is 2.49. The lowest BCUT2D eigenvalue weighted by atomic mass is 9.80. The second kappa shape index (κ2) is 5.50. The molecule has 1 aromatic rings. The highest BCUT2D eigenvalue weighted by Gasteiger charge is 2.20. The molecular weight excluding hydrogens is 232 g/mol. The third kappa shape index (κ3) is 2.78. The number of hydrogen-bond donors (Lipinski definition) is 0. The average Bonchev–Trinajstić information content (AvgIpc) is 2.39. The summed E-state index contributed by atoms with van der Waals surface area (Å²) in [4.78, 5) is 11.2. The van der Waals surface area contributed by atoms with E-state index in [4.69, 9.17) is 11.6 Å². The van der Waals surface area contributed by atoms with Crippen molar-refractivity contribution < 1.29 is 4.79 Å². The smallest absolute Gasteiger partial charge is 0.146 e. The minimum Gasteiger partial charge on any atom is -0.298 e. The first-order chi connectivity index (χ1) is 8.24. The van der Waals surface area contributed by atoms with Gasteiger partial charge in [-0.2, -0.15) is 0 Å². The van der Waals surface area contributed by atoms with E-state index in [9.17, 15) is 4.79 Å². The standard InChI is InChI=1S/C15H17ClO/c1-2-11-3-8-15(13(9-11)10-17)12-4-6-14(16)7-5-12/h4-7,10-11H,2-3,8-9H2,1H3. The summed E-state index contributed by atoms with van der Waals surface area (Å²) in [6, 6.07) is 7.79. The van der Waals surface area contributed by atoms with E-state index < -0.39 is 0 Å². The fraction of sp³-hybridized carbons (Fsp3) is 0.400. The summed E-state index contributed by atoms with van der Waals surface area (Å²) in [7, 11) is 0. The summed E-state index contributed by atoms with van der Waals surface area (Å²) in [5.41, 5.74) is 3.33. The molecule has 17 heavy (non-hydrogen) atoms. The first kappa shape index (κ1) is 12.4. The molecule has 2 heteroatoms. The molecule has 0 aromatic heterocycles. The summed E-state index contributed by atoms with van der Waals surface area (Å²) in [5, 5.41) is 0.740. The first-order valence-corrected chi connectivity index (χ1v) is 6.55. The molecule has 1 unspecified atom stereocenters. The molecule has 1 aliphatic carbocycles. The maximum atomic E-state index is 11.2. The second-order valence-electron chi connectivity index (χ2n) is 4.65. The van der Waals surface area contributed by atoms with E-state index in [0.29, 0.717) is 5.92 Å².